The van der Waals surface area contributed by atoms with Crippen LogP contribution in [0.2, 0.25) is 0 Å². The molecule has 1 unspecified atom stereocenters. The molecule has 6 nitrogen and oxygen atoms in total. The molecule has 1 saturated carbocycles. The van der Waals surface area contributed by atoms with Crippen LogP contribution < -0.4 is 10.5 Å². The Kier molecular flexibility index (Phi) is 6.37. The molecular weight excluding hydrogens is 460 g/mol. The minimum atomic E-state index is -2.66. The first-order valence-corrected chi connectivity index (χ1v) is 10.9. The summed E-state index contributed by atoms with van der Waals surface area (Å²) < 4.78 is 64.0. The van der Waals surface area contributed by atoms with E-state index in [9.17, 15) is 17.6 Å². The molecule has 2 aromatic rings. The predicted molar refractivity (Wildman–Crippen MR) is 118 cm³/mol. The van der Waals surface area contributed by atoms with E-state index < -0.39 is 30.2 Å². The second kappa shape index (κ2) is 8.94. The normalized spacial score (nSPS) is 26.7. The number of ether oxygens (including phenoxy) is 2. The Morgan fingerprint density at radius 1 is 1.33 bits per heavy atom. The van der Waals surface area contributed by atoms with Gasteiger partial charge < -0.3 is 15.2 Å². The second-order valence-corrected chi connectivity index (χ2v) is 9.56. The van der Waals surface area contributed by atoms with Crippen molar-refractivity contribution >= 4 is 28.8 Å². The van der Waals surface area contributed by atoms with Crippen LogP contribution in [0, 0.1) is 11.7 Å². The van der Waals surface area contributed by atoms with Gasteiger partial charge in [0.25, 0.3) is 6.43 Å². The minimum Gasteiger partial charge on any atom is -0.470 e. The Morgan fingerprint density at radius 2 is 2.12 bits per heavy atom. The van der Waals surface area contributed by atoms with E-state index in [4.69, 9.17) is 15.2 Å². The average Bonchev–Trinajstić information content (AvgIpc) is 3.48. The molecule has 176 valence electrons. The molecule has 33 heavy (non-hydrogen) atoms. The Morgan fingerprint density at radius 3 is 2.79 bits per heavy atom. The second-order valence-electron chi connectivity index (χ2n) is 8.13. The smallest absolute Gasteiger partial charge is 0.272 e. The number of nitrogens with two attached hydrogens (primary N) is 1. The molecule has 0 saturated heterocycles. The predicted octanol–water partition coefficient (Wildman–Crippen LogP) is 4.41. The van der Waals surface area contributed by atoms with Crippen molar-refractivity contribution in [3.8, 4) is 5.88 Å². The molecule has 1 aromatic heterocycles. The zero-order valence-corrected chi connectivity index (χ0v) is 18.7. The quantitative estimate of drug-likeness (QED) is 0.562. The van der Waals surface area contributed by atoms with Crippen LogP contribution in [0.3, 0.4) is 0 Å². The number of benzene rings is 1. The first-order chi connectivity index (χ1) is 15.7. The third-order valence-corrected chi connectivity index (χ3v) is 7.08. The van der Waals surface area contributed by atoms with Crippen LogP contribution in [0.1, 0.15) is 30.2 Å². The van der Waals surface area contributed by atoms with Crippen LogP contribution in [-0.4, -0.2) is 46.6 Å². The summed E-state index contributed by atoms with van der Waals surface area (Å²) in [5.41, 5.74) is 5.75. The summed E-state index contributed by atoms with van der Waals surface area (Å²) in [6.45, 7) is 1.47. The molecule has 2 N–H and O–H groups in total. The van der Waals surface area contributed by atoms with Gasteiger partial charge >= 0.3 is 0 Å². The highest BCUT2D eigenvalue weighted by Crippen LogP contribution is 2.65. The van der Waals surface area contributed by atoms with Gasteiger partial charge in [-0.2, -0.15) is 0 Å². The SMILES string of the molecule is COC[C@]12CC1[C@@](C)(c1cc(/C=C(\F)c3cnc(OCC(F)F)cn3)ccc1F)N=C(N)S2. The molecule has 1 aliphatic carbocycles. The van der Waals surface area contributed by atoms with E-state index in [0.717, 1.165) is 18.8 Å². The van der Waals surface area contributed by atoms with E-state index in [0.29, 0.717) is 22.9 Å². The van der Waals surface area contributed by atoms with Gasteiger partial charge in [-0.3, -0.25) is 4.99 Å². The lowest BCUT2D eigenvalue weighted by molar-refractivity contribution is 0.0793. The molecule has 3 atom stereocenters. The van der Waals surface area contributed by atoms with E-state index in [1.807, 2.05) is 6.92 Å². The standard InChI is InChI=1S/C22H22F4N4O2S/c1-21(17-7-22(17,11-31-2)33-20(27)30-21)13-5-12(3-4-14(13)23)6-15(24)16-8-29-19(9-28-16)32-10-18(25)26/h3-6,8-9,17-18H,7,10-11H2,1-2H3,(H2,27,30)/b15-6-/t17?,21-,22-/m1/s1. The van der Waals surface area contributed by atoms with Crippen molar-refractivity contribution < 1.29 is 27.0 Å². The number of aromatic nitrogens is 2. The fourth-order valence-electron chi connectivity index (χ4n) is 4.23. The van der Waals surface area contributed by atoms with Gasteiger partial charge in [0.1, 0.15) is 11.5 Å². The number of methoxy groups -OCH3 is 1. The Labute approximate surface area is 192 Å². The maximum Gasteiger partial charge on any atom is 0.272 e. The number of rotatable bonds is 8. The third kappa shape index (κ3) is 4.70. The zero-order chi connectivity index (χ0) is 23.8. The largest absolute Gasteiger partial charge is 0.470 e. The summed E-state index contributed by atoms with van der Waals surface area (Å²) >= 11 is 1.45. The molecule has 0 radical (unpaired) electrons. The summed E-state index contributed by atoms with van der Waals surface area (Å²) in [6, 6.07) is 4.25. The zero-order valence-electron chi connectivity index (χ0n) is 17.9. The molecule has 0 amide bonds. The van der Waals surface area contributed by atoms with Crippen molar-refractivity contribution in [2.24, 2.45) is 16.6 Å². The molecule has 0 bridgehead atoms. The fourth-order valence-corrected chi connectivity index (χ4v) is 5.68. The molecular formula is C22H22F4N4O2S. The fraction of sp³-hybridized carbons (Fsp3) is 0.409. The lowest BCUT2D eigenvalue weighted by Crippen LogP contribution is -2.37. The van der Waals surface area contributed by atoms with Crippen molar-refractivity contribution in [1.29, 1.82) is 0 Å². The van der Waals surface area contributed by atoms with Gasteiger partial charge in [-0.15, -0.1) is 0 Å². The first-order valence-electron chi connectivity index (χ1n) is 10.1. The number of alkyl halides is 2. The molecule has 2 heterocycles. The molecule has 2 aliphatic rings. The minimum absolute atomic E-state index is 0.0208. The summed E-state index contributed by atoms with van der Waals surface area (Å²) in [6.07, 6.45) is 1.44. The lowest BCUT2D eigenvalue weighted by atomic mass is 9.85. The highest BCUT2D eigenvalue weighted by molar-refractivity contribution is 8.15. The van der Waals surface area contributed by atoms with Gasteiger partial charge in [-0.1, -0.05) is 17.8 Å². The first kappa shape index (κ1) is 23.5. The van der Waals surface area contributed by atoms with Gasteiger partial charge in [0.2, 0.25) is 5.88 Å². The number of halogens is 4. The summed E-state index contributed by atoms with van der Waals surface area (Å²) in [4.78, 5) is 12.2. The number of amidine groups is 1. The van der Waals surface area contributed by atoms with E-state index >= 15 is 0 Å². The number of thioether (sulfide) groups is 1. The number of hydrogen-bond donors (Lipinski definition) is 1. The Bertz CT molecular complexity index is 1100. The molecule has 4 rings (SSSR count). The highest BCUT2D eigenvalue weighted by Gasteiger charge is 2.66. The Hall–Kier alpha value is -2.66. The van der Waals surface area contributed by atoms with Gasteiger partial charge in [0.05, 0.1) is 29.3 Å². The Balaban J connectivity index is 1.60. The molecule has 1 fully saturated rings. The number of aliphatic imine (C=N–C) groups is 1. The third-order valence-electron chi connectivity index (χ3n) is 5.80. The van der Waals surface area contributed by atoms with Crippen molar-refractivity contribution in [3.05, 3.63) is 53.2 Å². The maximum atomic E-state index is 14.9. The lowest BCUT2D eigenvalue weighted by Gasteiger charge is -2.34. The van der Waals surface area contributed by atoms with Crippen LogP contribution in [0.15, 0.2) is 35.6 Å². The summed E-state index contributed by atoms with van der Waals surface area (Å²) in [5, 5.41) is 0.360. The van der Waals surface area contributed by atoms with E-state index in [1.54, 1.807) is 13.2 Å². The van der Waals surface area contributed by atoms with Crippen molar-refractivity contribution in [2.45, 2.75) is 30.1 Å². The summed E-state index contributed by atoms with van der Waals surface area (Å²) in [7, 11) is 1.61. The van der Waals surface area contributed by atoms with Gasteiger partial charge in [0, 0.05) is 18.6 Å². The number of hydrogen-bond acceptors (Lipinski definition) is 7. The molecule has 1 aliphatic heterocycles. The summed E-state index contributed by atoms with van der Waals surface area (Å²) in [5.74, 6) is -1.31. The van der Waals surface area contributed by atoms with Gasteiger partial charge in [-0.25, -0.2) is 27.5 Å². The van der Waals surface area contributed by atoms with Crippen molar-refractivity contribution in [3.63, 3.8) is 0 Å². The number of nitrogens with zero attached hydrogens (tertiary/aromatic N) is 3. The van der Waals surface area contributed by atoms with Crippen LogP contribution in [0.25, 0.3) is 11.9 Å². The topological polar surface area (TPSA) is 82.6 Å². The monoisotopic (exact) mass is 482 g/mol. The van der Waals surface area contributed by atoms with E-state index in [2.05, 4.69) is 15.0 Å². The molecule has 11 heteroatoms. The van der Waals surface area contributed by atoms with Crippen LogP contribution in [0.5, 0.6) is 5.88 Å². The van der Waals surface area contributed by atoms with Gasteiger partial charge in [0.15, 0.2) is 17.6 Å². The highest BCUT2D eigenvalue weighted by atomic mass is 32.2. The van der Waals surface area contributed by atoms with Crippen molar-refractivity contribution in [2.75, 3.05) is 20.3 Å². The van der Waals surface area contributed by atoms with Crippen molar-refractivity contribution in [1.82, 2.24) is 9.97 Å². The maximum absolute atomic E-state index is 14.9. The molecule has 1 aromatic carbocycles. The number of fused-ring (bicyclic) bond motifs is 1. The average molecular weight is 483 g/mol. The van der Waals surface area contributed by atoms with Crippen LogP contribution in [-0.2, 0) is 10.3 Å². The van der Waals surface area contributed by atoms with Gasteiger partial charge in [-0.05, 0) is 37.1 Å². The van der Waals surface area contributed by atoms with Crippen LogP contribution >= 0.6 is 11.8 Å². The van der Waals surface area contributed by atoms with E-state index in [-0.39, 0.29) is 22.2 Å². The molecule has 0 spiro atoms. The van der Waals surface area contributed by atoms with Crippen LogP contribution in [0.4, 0.5) is 17.6 Å². The van der Waals surface area contributed by atoms with E-state index in [1.165, 1.54) is 30.0 Å².